The van der Waals surface area contributed by atoms with Crippen LogP contribution in [0.2, 0.25) is 0 Å². The summed E-state index contributed by atoms with van der Waals surface area (Å²) in [5.74, 6) is 2.32. The molecular formula is C31H33NO5. The third-order valence-electron chi connectivity index (χ3n) is 6.98. The van der Waals surface area contributed by atoms with Crippen LogP contribution in [0.3, 0.4) is 0 Å². The molecule has 0 saturated carbocycles. The Bertz CT molecular complexity index is 1410. The average molecular weight is 500 g/mol. The molecule has 0 amide bonds. The number of methoxy groups -OCH3 is 2. The Labute approximate surface area is 217 Å². The van der Waals surface area contributed by atoms with Gasteiger partial charge in [0.2, 0.25) is 0 Å². The smallest absolute Gasteiger partial charge is 0.344 e. The maximum absolute atomic E-state index is 12.5. The number of fused-ring (bicyclic) bond motifs is 2. The molecular weight excluding hydrogens is 466 g/mol. The van der Waals surface area contributed by atoms with E-state index in [9.17, 15) is 4.79 Å². The van der Waals surface area contributed by atoms with Gasteiger partial charge >= 0.3 is 5.63 Å². The molecule has 0 aliphatic carbocycles. The van der Waals surface area contributed by atoms with Gasteiger partial charge in [-0.15, -0.1) is 0 Å². The molecule has 1 aliphatic rings. The van der Waals surface area contributed by atoms with E-state index in [2.05, 4.69) is 17.0 Å². The molecule has 0 atom stereocenters. The van der Waals surface area contributed by atoms with Crippen molar-refractivity contribution in [3.8, 4) is 28.4 Å². The Balaban J connectivity index is 1.09. The van der Waals surface area contributed by atoms with Gasteiger partial charge in [-0.05, 0) is 79.3 Å². The van der Waals surface area contributed by atoms with Crippen molar-refractivity contribution in [1.82, 2.24) is 4.90 Å². The number of benzene rings is 3. The molecule has 0 bridgehead atoms. The minimum absolute atomic E-state index is 0.339. The van der Waals surface area contributed by atoms with Crippen molar-refractivity contribution in [3.05, 3.63) is 88.3 Å². The number of ether oxygens (including phenoxy) is 3. The average Bonchev–Trinajstić information content (AvgIpc) is 2.94. The fraction of sp³-hybridized carbons (Fsp3) is 0.323. The van der Waals surface area contributed by atoms with Crippen molar-refractivity contribution in [2.45, 2.75) is 32.2 Å². The second-order valence-electron chi connectivity index (χ2n) is 9.42. The van der Waals surface area contributed by atoms with Crippen molar-refractivity contribution >= 4 is 11.0 Å². The maximum Gasteiger partial charge on any atom is 0.344 e. The van der Waals surface area contributed by atoms with Gasteiger partial charge in [0, 0.05) is 24.5 Å². The normalized spacial score (nSPS) is 13.4. The van der Waals surface area contributed by atoms with Crippen LogP contribution in [0.4, 0.5) is 0 Å². The van der Waals surface area contributed by atoms with E-state index in [1.54, 1.807) is 20.3 Å². The summed E-state index contributed by atoms with van der Waals surface area (Å²) in [7, 11) is 3.37. The highest BCUT2D eigenvalue weighted by Crippen LogP contribution is 2.33. The topological polar surface area (TPSA) is 61.1 Å². The molecule has 1 aromatic heterocycles. The van der Waals surface area contributed by atoms with Gasteiger partial charge in [-0.25, -0.2) is 4.79 Å². The summed E-state index contributed by atoms with van der Waals surface area (Å²) in [4.78, 5) is 15.0. The first kappa shape index (κ1) is 24.9. The number of rotatable bonds is 10. The van der Waals surface area contributed by atoms with Crippen molar-refractivity contribution in [3.63, 3.8) is 0 Å². The fourth-order valence-corrected chi connectivity index (χ4v) is 4.94. The lowest BCUT2D eigenvalue weighted by Crippen LogP contribution is -2.31. The van der Waals surface area contributed by atoms with Crippen LogP contribution < -0.4 is 19.8 Å². The van der Waals surface area contributed by atoms with E-state index in [1.165, 1.54) is 11.1 Å². The van der Waals surface area contributed by atoms with Crippen molar-refractivity contribution in [2.75, 3.05) is 33.9 Å². The van der Waals surface area contributed by atoms with E-state index in [0.717, 1.165) is 73.5 Å². The summed E-state index contributed by atoms with van der Waals surface area (Å²) < 4.78 is 22.5. The molecule has 3 aromatic carbocycles. The standard InChI is InChI=1S/C31H33NO5/c1-34-29-18-23-13-15-32(21-25(23)19-30(29)35-2)14-7-4-8-16-36-26-12-11-24-17-27(22-9-5-3-6-10-22)31(33)37-28(24)20-26/h3,5-6,9-12,17-20H,4,7-8,13-16,21H2,1-2H3. The van der Waals surface area contributed by atoms with Crippen molar-refractivity contribution in [1.29, 1.82) is 0 Å². The van der Waals surface area contributed by atoms with E-state index in [-0.39, 0.29) is 5.63 Å². The number of hydrogen-bond donors (Lipinski definition) is 0. The Hall–Kier alpha value is -3.77. The van der Waals surface area contributed by atoms with Crippen LogP contribution in [0, 0.1) is 0 Å². The van der Waals surface area contributed by atoms with Gasteiger partial charge in [-0.3, -0.25) is 4.90 Å². The fourth-order valence-electron chi connectivity index (χ4n) is 4.94. The van der Waals surface area contributed by atoms with Gasteiger partial charge in [0.1, 0.15) is 11.3 Å². The van der Waals surface area contributed by atoms with Crippen LogP contribution in [-0.2, 0) is 13.0 Å². The van der Waals surface area contributed by atoms with Crippen LogP contribution in [0.5, 0.6) is 17.2 Å². The van der Waals surface area contributed by atoms with E-state index >= 15 is 0 Å². The molecule has 0 N–H and O–H groups in total. The van der Waals surface area contributed by atoms with Crippen molar-refractivity contribution < 1.29 is 18.6 Å². The van der Waals surface area contributed by atoms with Gasteiger partial charge in [-0.1, -0.05) is 30.3 Å². The lowest BCUT2D eigenvalue weighted by atomic mass is 9.98. The minimum atomic E-state index is -0.339. The molecule has 1 aliphatic heterocycles. The van der Waals surface area contributed by atoms with Crippen LogP contribution in [0.25, 0.3) is 22.1 Å². The first-order valence-corrected chi connectivity index (χ1v) is 12.9. The van der Waals surface area contributed by atoms with Gasteiger partial charge in [-0.2, -0.15) is 0 Å². The SMILES string of the molecule is COc1cc2c(cc1OC)CN(CCCCCOc1ccc3cc(-c4ccccc4)c(=O)oc3c1)CC2. The Morgan fingerprint density at radius 3 is 2.43 bits per heavy atom. The quantitative estimate of drug-likeness (QED) is 0.195. The number of nitrogens with zero attached hydrogens (tertiary/aromatic N) is 1. The van der Waals surface area contributed by atoms with Crippen LogP contribution in [0.1, 0.15) is 30.4 Å². The lowest BCUT2D eigenvalue weighted by molar-refractivity contribution is 0.241. The molecule has 37 heavy (non-hydrogen) atoms. The van der Waals surface area contributed by atoms with E-state index in [4.69, 9.17) is 18.6 Å². The second kappa shape index (κ2) is 11.5. The van der Waals surface area contributed by atoms with Gasteiger partial charge in [0.15, 0.2) is 11.5 Å². The highest BCUT2D eigenvalue weighted by molar-refractivity contribution is 5.82. The predicted octanol–water partition coefficient (Wildman–Crippen LogP) is 6.08. The molecule has 0 radical (unpaired) electrons. The minimum Gasteiger partial charge on any atom is -0.493 e. The Kier molecular flexibility index (Phi) is 7.76. The third kappa shape index (κ3) is 5.81. The predicted molar refractivity (Wildman–Crippen MR) is 146 cm³/mol. The molecule has 5 rings (SSSR count). The van der Waals surface area contributed by atoms with Crippen LogP contribution >= 0.6 is 0 Å². The maximum atomic E-state index is 12.5. The highest BCUT2D eigenvalue weighted by Gasteiger charge is 2.19. The zero-order valence-electron chi connectivity index (χ0n) is 21.5. The Morgan fingerprint density at radius 2 is 1.65 bits per heavy atom. The van der Waals surface area contributed by atoms with Crippen LogP contribution in [-0.4, -0.2) is 38.8 Å². The molecule has 6 heteroatoms. The number of hydrogen-bond acceptors (Lipinski definition) is 6. The lowest BCUT2D eigenvalue weighted by Gasteiger charge is -2.29. The van der Waals surface area contributed by atoms with E-state index < -0.39 is 0 Å². The van der Waals surface area contributed by atoms with E-state index in [1.807, 2.05) is 48.5 Å². The molecule has 2 heterocycles. The zero-order chi connectivity index (χ0) is 25.6. The molecule has 192 valence electrons. The van der Waals surface area contributed by atoms with Gasteiger partial charge in [0.25, 0.3) is 0 Å². The third-order valence-corrected chi connectivity index (χ3v) is 6.98. The molecule has 0 saturated heterocycles. The zero-order valence-corrected chi connectivity index (χ0v) is 21.5. The van der Waals surface area contributed by atoms with Crippen molar-refractivity contribution in [2.24, 2.45) is 0 Å². The molecule has 4 aromatic rings. The van der Waals surface area contributed by atoms with Gasteiger partial charge in [0.05, 0.1) is 26.4 Å². The largest absolute Gasteiger partial charge is 0.493 e. The summed E-state index contributed by atoms with van der Waals surface area (Å²) in [6.45, 7) is 3.71. The first-order chi connectivity index (χ1) is 18.1. The van der Waals surface area contributed by atoms with Crippen LogP contribution in [0.15, 0.2) is 75.9 Å². The molecule has 6 nitrogen and oxygen atoms in total. The second-order valence-corrected chi connectivity index (χ2v) is 9.42. The summed E-state index contributed by atoms with van der Waals surface area (Å²) in [6.07, 6.45) is 4.23. The summed E-state index contributed by atoms with van der Waals surface area (Å²) >= 11 is 0. The monoisotopic (exact) mass is 499 g/mol. The van der Waals surface area contributed by atoms with Gasteiger partial charge < -0.3 is 18.6 Å². The Morgan fingerprint density at radius 1 is 0.865 bits per heavy atom. The molecule has 0 unspecified atom stereocenters. The highest BCUT2D eigenvalue weighted by atomic mass is 16.5. The molecule has 0 fully saturated rings. The van der Waals surface area contributed by atoms with E-state index in [0.29, 0.717) is 17.8 Å². The summed E-state index contributed by atoms with van der Waals surface area (Å²) in [6, 6.07) is 21.4. The molecule has 0 spiro atoms. The number of unbranched alkanes of at least 4 members (excludes halogenated alkanes) is 2. The summed E-state index contributed by atoms with van der Waals surface area (Å²) in [5, 5.41) is 0.880. The summed E-state index contributed by atoms with van der Waals surface area (Å²) in [5.41, 5.74) is 4.30. The first-order valence-electron chi connectivity index (χ1n) is 12.9.